The van der Waals surface area contributed by atoms with Crippen molar-refractivity contribution in [2.75, 3.05) is 0 Å². The van der Waals surface area contributed by atoms with Crippen molar-refractivity contribution in [3.05, 3.63) is 58.1 Å². The molecular formula is C15H14Cl2NSi. The first-order valence-corrected chi connectivity index (χ1v) is 8.79. The Bertz CT molecular complexity index is 615. The van der Waals surface area contributed by atoms with E-state index in [1.54, 1.807) is 0 Å². The molecular weight excluding hydrogens is 293 g/mol. The number of halogens is 2. The minimum absolute atomic E-state index is 0.174. The Morgan fingerprint density at radius 3 is 2.63 bits per heavy atom. The molecule has 19 heavy (non-hydrogen) atoms. The predicted octanol–water partition coefficient (Wildman–Crippen LogP) is 3.01. The van der Waals surface area contributed by atoms with Gasteiger partial charge in [0.1, 0.15) is 8.80 Å². The van der Waals surface area contributed by atoms with E-state index in [4.69, 9.17) is 28.9 Å². The van der Waals surface area contributed by atoms with Crippen LogP contribution in [-0.4, -0.2) is 8.80 Å². The normalized spacial score (nSPS) is 19.2. The van der Waals surface area contributed by atoms with Crippen molar-refractivity contribution in [2.45, 2.75) is 18.5 Å². The molecule has 3 rings (SSSR count). The van der Waals surface area contributed by atoms with Crippen LogP contribution in [0.25, 0.3) is 0 Å². The van der Waals surface area contributed by atoms with E-state index in [9.17, 15) is 0 Å². The topological polar surface area (TPSA) is 26.0 Å². The van der Waals surface area contributed by atoms with Gasteiger partial charge in [0.25, 0.3) is 0 Å². The molecule has 1 aliphatic heterocycles. The van der Waals surface area contributed by atoms with E-state index >= 15 is 0 Å². The molecule has 1 heterocycles. The highest BCUT2D eigenvalue weighted by Gasteiger charge is 2.27. The minimum Gasteiger partial charge on any atom is -0.324 e. The highest BCUT2D eigenvalue weighted by molar-refractivity contribution is 6.85. The van der Waals surface area contributed by atoms with Crippen LogP contribution in [0.3, 0.4) is 0 Å². The zero-order valence-electron chi connectivity index (χ0n) is 10.4. The average Bonchev–Trinajstić information content (AvgIpc) is 2.43. The Kier molecular flexibility index (Phi) is 3.67. The zero-order valence-corrected chi connectivity index (χ0v) is 12.9. The number of hydrogen-bond donors (Lipinski definition) is 1. The molecule has 2 aromatic carbocycles. The molecule has 0 spiro atoms. The Labute approximate surface area is 125 Å². The minimum atomic E-state index is -0.777. The van der Waals surface area contributed by atoms with Gasteiger partial charge in [-0.15, -0.1) is 0 Å². The second kappa shape index (κ2) is 5.29. The highest BCUT2D eigenvalue weighted by atomic mass is 35.5. The summed E-state index contributed by atoms with van der Waals surface area (Å²) in [5.41, 5.74) is 7.51. The first-order valence-electron chi connectivity index (χ1n) is 6.33. The molecule has 0 saturated carbocycles. The SMILES string of the molecule is N[C@@H]1CC[Si](c2ccc(Cl)c(Cl)c2)c2ccccc21. The van der Waals surface area contributed by atoms with Crippen LogP contribution in [0.4, 0.5) is 0 Å². The second-order valence-corrected chi connectivity index (χ2v) is 8.23. The maximum absolute atomic E-state index is 6.21. The van der Waals surface area contributed by atoms with Crippen molar-refractivity contribution < 1.29 is 0 Å². The van der Waals surface area contributed by atoms with Crippen molar-refractivity contribution in [1.29, 1.82) is 0 Å². The van der Waals surface area contributed by atoms with Gasteiger partial charge < -0.3 is 5.73 Å². The van der Waals surface area contributed by atoms with Crippen molar-refractivity contribution in [3.8, 4) is 0 Å². The van der Waals surface area contributed by atoms with E-state index in [1.807, 2.05) is 12.1 Å². The van der Waals surface area contributed by atoms with Crippen LogP contribution >= 0.6 is 23.2 Å². The van der Waals surface area contributed by atoms with Gasteiger partial charge in [0.15, 0.2) is 0 Å². The Morgan fingerprint density at radius 1 is 1.05 bits per heavy atom. The highest BCUT2D eigenvalue weighted by Crippen LogP contribution is 2.24. The first-order chi connectivity index (χ1) is 9.16. The summed E-state index contributed by atoms with van der Waals surface area (Å²) >= 11 is 12.2. The fourth-order valence-electron chi connectivity index (χ4n) is 2.67. The van der Waals surface area contributed by atoms with Crippen LogP contribution < -0.4 is 16.1 Å². The quantitative estimate of drug-likeness (QED) is 0.805. The summed E-state index contributed by atoms with van der Waals surface area (Å²) in [5.74, 6) is 0. The summed E-state index contributed by atoms with van der Waals surface area (Å²) in [6, 6.07) is 15.9. The first kappa shape index (κ1) is 13.2. The lowest BCUT2D eigenvalue weighted by Crippen LogP contribution is -2.48. The number of rotatable bonds is 1. The maximum atomic E-state index is 6.21. The van der Waals surface area contributed by atoms with Gasteiger partial charge in [-0.25, -0.2) is 0 Å². The molecule has 0 bridgehead atoms. The van der Waals surface area contributed by atoms with Crippen LogP contribution in [0.15, 0.2) is 42.5 Å². The summed E-state index contributed by atoms with van der Waals surface area (Å²) in [6.45, 7) is 0. The average molecular weight is 307 g/mol. The van der Waals surface area contributed by atoms with E-state index in [0.29, 0.717) is 10.0 Å². The number of benzene rings is 2. The van der Waals surface area contributed by atoms with Crippen molar-refractivity contribution in [3.63, 3.8) is 0 Å². The summed E-state index contributed by atoms with van der Waals surface area (Å²) < 4.78 is 0. The third-order valence-corrected chi connectivity index (χ3v) is 7.30. The van der Waals surface area contributed by atoms with Crippen LogP contribution in [0, 0.1) is 0 Å². The fraction of sp³-hybridized carbons (Fsp3) is 0.200. The molecule has 0 aromatic heterocycles. The molecule has 97 valence electrons. The van der Waals surface area contributed by atoms with Gasteiger partial charge in [0.05, 0.1) is 10.0 Å². The van der Waals surface area contributed by atoms with E-state index in [0.717, 1.165) is 12.5 Å². The predicted molar refractivity (Wildman–Crippen MR) is 84.3 cm³/mol. The van der Waals surface area contributed by atoms with Crippen LogP contribution in [-0.2, 0) is 0 Å². The number of fused-ring (bicyclic) bond motifs is 1. The molecule has 0 saturated heterocycles. The monoisotopic (exact) mass is 306 g/mol. The second-order valence-electron chi connectivity index (χ2n) is 4.84. The third kappa shape index (κ3) is 2.46. The van der Waals surface area contributed by atoms with Gasteiger partial charge in [-0.05, 0) is 30.2 Å². The molecule has 0 amide bonds. The van der Waals surface area contributed by atoms with Gasteiger partial charge in [-0.3, -0.25) is 0 Å². The Morgan fingerprint density at radius 2 is 1.84 bits per heavy atom. The number of hydrogen-bond acceptors (Lipinski definition) is 1. The van der Waals surface area contributed by atoms with E-state index < -0.39 is 8.80 Å². The zero-order chi connectivity index (χ0) is 13.4. The molecule has 1 nitrogen and oxygen atoms in total. The van der Waals surface area contributed by atoms with Gasteiger partial charge >= 0.3 is 0 Å². The molecule has 1 radical (unpaired) electrons. The van der Waals surface area contributed by atoms with Gasteiger partial charge in [0, 0.05) is 6.04 Å². The molecule has 4 heteroatoms. The Balaban J connectivity index is 2.07. The van der Waals surface area contributed by atoms with E-state index in [2.05, 4.69) is 30.3 Å². The molecule has 0 unspecified atom stereocenters. The van der Waals surface area contributed by atoms with Crippen LogP contribution in [0.1, 0.15) is 18.0 Å². The van der Waals surface area contributed by atoms with E-state index in [1.165, 1.54) is 15.9 Å². The molecule has 2 aromatic rings. The molecule has 0 fully saturated rings. The van der Waals surface area contributed by atoms with Gasteiger partial charge in [-0.1, -0.05) is 63.9 Å². The van der Waals surface area contributed by atoms with Crippen molar-refractivity contribution >= 4 is 42.4 Å². The smallest absolute Gasteiger partial charge is 0.122 e. The lowest BCUT2D eigenvalue weighted by Gasteiger charge is -2.28. The van der Waals surface area contributed by atoms with Crippen LogP contribution in [0.5, 0.6) is 0 Å². The molecule has 2 N–H and O–H groups in total. The van der Waals surface area contributed by atoms with Gasteiger partial charge in [0.2, 0.25) is 0 Å². The van der Waals surface area contributed by atoms with Crippen LogP contribution in [0.2, 0.25) is 16.1 Å². The summed E-state index contributed by atoms with van der Waals surface area (Å²) in [7, 11) is -0.777. The van der Waals surface area contributed by atoms with Crippen molar-refractivity contribution in [2.24, 2.45) is 5.73 Å². The lowest BCUT2D eigenvalue weighted by atomic mass is 10.1. The van der Waals surface area contributed by atoms with Crippen molar-refractivity contribution in [1.82, 2.24) is 0 Å². The molecule has 1 atom stereocenters. The molecule has 1 aliphatic rings. The number of nitrogens with two attached hydrogens (primary N) is 1. The van der Waals surface area contributed by atoms with Gasteiger partial charge in [-0.2, -0.15) is 0 Å². The lowest BCUT2D eigenvalue weighted by molar-refractivity contribution is 0.689. The fourth-order valence-corrected chi connectivity index (χ4v) is 6.04. The largest absolute Gasteiger partial charge is 0.324 e. The molecule has 0 aliphatic carbocycles. The Hall–Kier alpha value is -0.803. The summed E-state index contributed by atoms with van der Waals surface area (Å²) in [6.07, 6.45) is 1.05. The van der Waals surface area contributed by atoms with E-state index in [-0.39, 0.29) is 6.04 Å². The summed E-state index contributed by atoms with van der Waals surface area (Å²) in [5, 5.41) is 4.00. The summed E-state index contributed by atoms with van der Waals surface area (Å²) in [4.78, 5) is 0. The third-order valence-electron chi connectivity index (χ3n) is 3.66. The standard InChI is InChI=1S/C15H14Cl2NSi/c16-12-6-5-10(9-13(12)17)19-8-7-14(18)11-3-1-2-4-15(11)19/h1-6,9,14H,7-8,18H2/t14-/m1/s1. The maximum Gasteiger partial charge on any atom is 0.122 e.